The van der Waals surface area contributed by atoms with Gasteiger partial charge in [0.25, 0.3) is 0 Å². The van der Waals surface area contributed by atoms with Crippen molar-refractivity contribution >= 4 is 16.8 Å². The van der Waals surface area contributed by atoms with Gasteiger partial charge in [0.15, 0.2) is 0 Å². The van der Waals surface area contributed by atoms with Gasteiger partial charge in [0.2, 0.25) is 11.8 Å². The Morgan fingerprint density at radius 2 is 2.30 bits per heavy atom. The molecule has 0 bridgehead atoms. The molecule has 106 valence electrons. The number of carbonyl (C=O) groups excluding carboxylic acids is 1. The molecular weight excluding hydrogens is 254 g/mol. The summed E-state index contributed by atoms with van der Waals surface area (Å²) < 4.78 is 7.46. The molecule has 0 saturated heterocycles. The van der Waals surface area contributed by atoms with E-state index in [2.05, 4.69) is 17.0 Å². The normalized spacial score (nSPS) is 10.4. The number of amides is 1. The van der Waals surface area contributed by atoms with Crippen LogP contribution in [0, 0.1) is 0 Å². The molecular formula is C15H19N3O2. The van der Waals surface area contributed by atoms with E-state index in [1.54, 1.807) is 10.8 Å². The van der Waals surface area contributed by atoms with E-state index in [0.717, 1.165) is 10.9 Å². The Kier molecular flexibility index (Phi) is 4.76. The smallest absolute Gasteiger partial charge is 0.240 e. The van der Waals surface area contributed by atoms with Crippen LogP contribution in [0.1, 0.15) is 12.8 Å². The summed E-state index contributed by atoms with van der Waals surface area (Å²) in [5.41, 5.74) is 1.03. The number of hydrogen-bond donors (Lipinski definition) is 1. The van der Waals surface area contributed by atoms with Crippen LogP contribution in [-0.4, -0.2) is 28.8 Å². The molecule has 0 aliphatic rings. The molecule has 0 atom stereocenters. The zero-order chi connectivity index (χ0) is 14.4. The summed E-state index contributed by atoms with van der Waals surface area (Å²) in [6.45, 7) is 4.53. The molecule has 5 nitrogen and oxygen atoms in total. The first-order valence-corrected chi connectivity index (χ1v) is 6.64. The molecule has 1 aromatic heterocycles. The maximum absolute atomic E-state index is 11.4. The van der Waals surface area contributed by atoms with Gasteiger partial charge in [0.1, 0.15) is 0 Å². The van der Waals surface area contributed by atoms with Gasteiger partial charge >= 0.3 is 0 Å². The molecule has 0 saturated carbocycles. The fourth-order valence-corrected chi connectivity index (χ4v) is 1.96. The molecule has 0 radical (unpaired) electrons. The Morgan fingerprint density at radius 3 is 3.10 bits per heavy atom. The van der Waals surface area contributed by atoms with Gasteiger partial charge in [-0.2, -0.15) is 0 Å². The molecule has 0 spiro atoms. The lowest BCUT2D eigenvalue weighted by molar-refractivity contribution is -0.121. The largest absolute Gasteiger partial charge is 0.476 e. The Hall–Kier alpha value is -2.30. The molecule has 0 aliphatic carbocycles. The minimum absolute atomic E-state index is 0.0133. The highest BCUT2D eigenvalue weighted by Crippen LogP contribution is 2.23. The number of hydrogen-bond acceptors (Lipinski definition) is 3. The minimum Gasteiger partial charge on any atom is -0.476 e. The summed E-state index contributed by atoms with van der Waals surface area (Å²) in [6, 6.07) is 7.91. The van der Waals surface area contributed by atoms with Gasteiger partial charge in [-0.25, -0.2) is 0 Å². The topological polar surface area (TPSA) is 56.1 Å². The average molecular weight is 273 g/mol. The number of fused-ring (bicyclic) bond motifs is 1. The van der Waals surface area contributed by atoms with Crippen molar-refractivity contribution in [1.82, 2.24) is 15.1 Å². The van der Waals surface area contributed by atoms with Crippen molar-refractivity contribution in [2.75, 3.05) is 13.2 Å². The first-order chi connectivity index (χ1) is 9.72. The summed E-state index contributed by atoms with van der Waals surface area (Å²) in [4.78, 5) is 11.4. The first-order valence-electron chi connectivity index (χ1n) is 6.64. The first kappa shape index (κ1) is 14.1. The molecule has 1 N–H and O–H groups in total. The number of rotatable bonds is 7. The van der Waals surface area contributed by atoms with Gasteiger partial charge in [-0.05, 0) is 18.6 Å². The van der Waals surface area contributed by atoms with Crippen molar-refractivity contribution in [3.05, 3.63) is 36.9 Å². The second-order valence-corrected chi connectivity index (χ2v) is 4.49. The van der Waals surface area contributed by atoms with Crippen molar-refractivity contribution in [2.24, 2.45) is 7.05 Å². The Bertz CT molecular complexity index is 604. The van der Waals surface area contributed by atoms with Crippen LogP contribution in [0.3, 0.4) is 0 Å². The lowest BCUT2D eigenvalue weighted by Crippen LogP contribution is -2.23. The van der Waals surface area contributed by atoms with Crippen LogP contribution in [0.15, 0.2) is 36.9 Å². The average Bonchev–Trinajstić information content (AvgIpc) is 2.79. The third-order valence-corrected chi connectivity index (χ3v) is 2.95. The van der Waals surface area contributed by atoms with Crippen molar-refractivity contribution in [3.63, 3.8) is 0 Å². The second-order valence-electron chi connectivity index (χ2n) is 4.49. The standard InChI is InChI=1S/C15H19N3O2/c1-3-10-16-14(19)9-6-11-20-15-12-7-4-5-8-13(12)18(2)17-15/h3-5,7-8H,1,6,9-11H2,2H3,(H,16,19). The highest BCUT2D eigenvalue weighted by molar-refractivity contribution is 5.84. The maximum atomic E-state index is 11.4. The van der Waals surface area contributed by atoms with Crippen LogP contribution in [-0.2, 0) is 11.8 Å². The van der Waals surface area contributed by atoms with E-state index in [0.29, 0.717) is 31.9 Å². The van der Waals surface area contributed by atoms with Gasteiger partial charge < -0.3 is 10.1 Å². The highest BCUT2D eigenvalue weighted by Gasteiger charge is 2.08. The van der Waals surface area contributed by atoms with Crippen molar-refractivity contribution in [3.8, 4) is 5.88 Å². The van der Waals surface area contributed by atoms with Crippen molar-refractivity contribution < 1.29 is 9.53 Å². The van der Waals surface area contributed by atoms with E-state index < -0.39 is 0 Å². The summed E-state index contributed by atoms with van der Waals surface area (Å²) in [6.07, 6.45) is 2.76. The predicted octanol–water partition coefficient (Wildman–Crippen LogP) is 2.03. The lowest BCUT2D eigenvalue weighted by Gasteiger charge is -2.04. The van der Waals surface area contributed by atoms with Crippen LogP contribution in [0.25, 0.3) is 10.9 Å². The Labute approximate surface area is 118 Å². The van der Waals surface area contributed by atoms with Gasteiger partial charge in [0.05, 0.1) is 17.5 Å². The summed E-state index contributed by atoms with van der Waals surface area (Å²) in [5, 5.41) is 8.06. The molecule has 1 amide bonds. The zero-order valence-electron chi connectivity index (χ0n) is 11.6. The van der Waals surface area contributed by atoms with E-state index >= 15 is 0 Å². The number of benzene rings is 1. The number of nitrogens with zero attached hydrogens (tertiary/aromatic N) is 2. The van der Waals surface area contributed by atoms with E-state index in [1.807, 2.05) is 31.3 Å². The number of aryl methyl sites for hydroxylation is 1. The number of carbonyl (C=O) groups is 1. The minimum atomic E-state index is 0.0133. The Balaban J connectivity index is 1.84. The lowest BCUT2D eigenvalue weighted by atomic mass is 10.2. The van der Waals surface area contributed by atoms with E-state index in [1.165, 1.54) is 0 Å². The van der Waals surface area contributed by atoms with E-state index in [9.17, 15) is 4.79 Å². The molecule has 2 aromatic rings. The fourth-order valence-electron chi connectivity index (χ4n) is 1.96. The van der Waals surface area contributed by atoms with Gasteiger partial charge in [-0.1, -0.05) is 18.2 Å². The molecule has 5 heteroatoms. The van der Waals surface area contributed by atoms with Crippen LogP contribution in [0.5, 0.6) is 5.88 Å². The molecule has 1 aromatic carbocycles. The zero-order valence-corrected chi connectivity index (χ0v) is 11.6. The molecule has 0 fully saturated rings. The number of ether oxygens (including phenoxy) is 1. The van der Waals surface area contributed by atoms with Gasteiger partial charge in [-0.3, -0.25) is 9.48 Å². The monoisotopic (exact) mass is 273 g/mol. The van der Waals surface area contributed by atoms with Crippen LogP contribution in [0.2, 0.25) is 0 Å². The third-order valence-electron chi connectivity index (χ3n) is 2.95. The molecule has 1 heterocycles. The number of aromatic nitrogens is 2. The quantitative estimate of drug-likeness (QED) is 0.620. The third kappa shape index (κ3) is 3.38. The van der Waals surface area contributed by atoms with Crippen molar-refractivity contribution in [1.29, 1.82) is 0 Å². The van der Waals surface area contributed by atoms with Crippen molar-refractivity contribution in [2.45, 2.75) is 12.8 Å². The number of para-hydroxylation sites is 1. The van der Waals surface area contributed by atoms with Crippen LogP contribution < -0.4 is 10.1 Å². The maximum Gasteiger partial charge on any atom is 0.240 e. The second kappa shape index (κ2) is 6.75. The predicted molar refractivity (Wildman–Crippen MR) is 78.6 cm³/mol. The molecule has 0 aliphatic heterocycles. The molecule has 0 unspecified atom stereocenters. The highest BCUT2D eigenvalue weighted by atomic mass is 16.5. The van der Waals surface area contributed by atoms with Gasteiger partial charge in [-0.15, -0.1) is 11.7 Å². The van der Waals surface area contributed by atoms with Crippen LogP contribution in [0.4, 0.5) is 0 Å². The van der Waals surface area contributed by atoms with Crippen LogP contribution >= 0.6 is 0 Å². The Morgan fingerprint density at radius 1 is 1.50 bits per heavy atom. The SMILES string of the molecule is C=CCNC(=O)CCCOc1nn(C)c2ccccc12. The van der Waals surface area contributed by atoms with E-state index in [-0.39, 0.29) is 5.91 Å². The van der Waals surface area contributed by atoms with E-state index in [4.69, 9.17) is 4.74 Å². The molecule has 2 rings (SSSR count). The fraction of sp³-hybridized carbons (Fsp3) is 0.333. The summed E-state index contributed by atoms with van der Waals surface area (Å²) in [7, 11) is 1.89. The summed E-state index contributed by atoms with van der Waals surface area (Å²) >= 11 is 0. The summed E-state index contributed by atoms with van der Waals surface area (Å²) in [5.74, 6) is 0.633. The number of nitrogens with one attached hydrogen (secondary N) is 1. The molecule has 20 heavy (non-hydrogen) atoms. The van der Waals surface area contributed by atoms with Gasteiger partial charge in [0, 0.05) is 20.0 Å².